The summed E-state index contributed by atoms with van der Waals surface area (Å²) in [6.45, 7) is 7.46. The number of halogens is 1. The van der Waals surface area contributed by atoms with Crippen molar-refractivity contribution >= 4 is 11.4 Å². The van der Waals surface area contributed by atoms with E-state index in [1.54, 1.807) is 0 Å². The van der Waals surface area contributed by atoms with E-state index < -0.39 is 10.7 Å². The lowest BCUT2D eigenvalue weighted by atomic mass is 10.2. The molecule has 1 saturated heterocycles. The van der Waals surface area contributed by atoms with E-state index >= 15 is 0 Å². The van der Waals surface area contributed by atoms with E-state index in [1.165, 1.54) is 12.1 Å². The molecule has 1 fully saturated rings. The van der Waals surface area contributed by atoms with E-state index in [1.807, 2.05) is 4.90 Å². The van der Waals surface area contributed by atoms with Gasteiger partial charge < -0.3 is 4.90 Å². The van der Waals surface area contributed by atoms with Gasteiger partial charge in [-0.15, -0.1) is 0 Å². The zero-order valence-corrected chi connectivity index (χ0v) is 11.2. The van der Waals surface area contributed by atoms with Crippen molar-refractivity contribution < 1.29 is 9.31 Å². The van der Waals surface area contributed by atoms with Crippen LogP contribution in [0.2, 0.25) is 0 Å². The molecule has 0 aromatic heterocycles. The minimum Gasteiger partial charge on any atom is -0.363 e. The molecule has 0 N–H and O–H groups in total. The number of hydrogen-bond acceptors (Lipinski definition) is 4. The van der Waals surface area contributed by atoms with Crippen molar-refractivity contribution in [2.45, 2.75) is 19.9 Å². The van der Waals surface area contributed by atoms with E-state index in [2.05, 4.69) is 18.7 Å². The Morgan fingerprint density at radius 1 is 1.26 bits per heavy atom. The second-order valence-electron chi connectivity index (χ2n) is 5.01. The molecular weight excluding hydrogens is 249 g/mol. The number of benzene rings is 1. The Kier molecular flexibility index (Phi) is 3.99. The first kappa shape index (κ1) is 13.7. The van der Waals surface area contributed by atoms with Crippen molar-refractivity contribution in [3.8, 4) is 0 Å². The zero-order chi connectivity index (χ0) is 14.0. The van der Waals surface area contributed by atoms with Gasteiger partial charge in [0.2, 0.25) is 0 Å². The third-order valence-corrected chi connectivity index (χ3v) is 3.52. The first-order valence-electron chi connectivity index (χ1n) is 6.42. The van der Waals surface area contributed by atoms with Gasteiger partial charge >= 0.3 is 0 Å². The maximum atomic E-state index is 13.1. The summed E-state index contributed by atoms with van der Waals surface area (Å²) >= 11 is 0. The maximum Gasteiger partial charge on any atom is 0.295 e. The predicted molar refractivity (Wildman–Crippen MR) is 72.0 cm³/mol. The molecule has 0 unspecified atom stereocenters. The summed E-state index contributed by atoms with van der Waals surface area (Å²) in [5, 5.41) is 11.0. The van der Waals surface area contributed by atoms with Crippen LogP contribution in [-0.4, -0.2) is 42.0 Å². The van der Waals surface area contributed by atoms with Gasteiger partial charge in [0, 0.05) is 32.2 Å². The fourth-order valence-electron chi connectivity index (χ4n) is 2.39. The van der Waals surface area contributed by atoms with Crippen molar-refractivity contribution in [3.63, 3.8) is 0 Å². The standard InChI is InChI=1S/C13H18FN3O2/c1-10(2)15-5-7-16(8-6-15)12-4-3-11(14)9-13(12)17(18)19/h3-4,9-10H,5-8H2,1-2H3. The van der Waals surface area contributed by atoms with Gasteiger partial charge in [-0.05, 0) is 26.0 Å². The summed E-state index contributed by atoms with van der Waals surface area (Å²) in [4.78, 5) is 14.8. The quantitative estimate of drug-likeness (QED) is 0.622. The van der Waals surface area contributed by atoms with Gasteiger partial charge in [-0.2, -0.15) is 0 Å². The van der Waals surface area contributed by atoms with Crippen molar-refractivity contribution in [3.05, 3.63) is 34.1 Å². The van der Waals surface area contributed by atoms with Crippen LogP contribution in [0.15, 0.2) is 18.2 Å². The van der Waals surface area contributed by atoms with Gasteiger partial charge in [-0.1, -0.05) is 0 Å². The topological polar surface area (TPSA) is 49.6 Å². The van der Waals surface area contributed by atoms with Crippen LogP contribution in [0.5, 0.6) is 0 Å². The second-order valence-corrected chi connectivity index (χ2v) is 5.01. The van der Waals surface area contributed by atoms with Crippen LogP contribution >= 0.6 is 0 Å². The number of hydrogen-bond donors (Lipinski definition) is 0. The third kappa shape index (κ3) is 3.01. The Labute approximate surface area is 111 Å². The Bertz CT molecular complexity index is 471. The Morgan fingerprint density at radius 2 is 1.89 bits per heavy atom. The predicted octanol–water partition coefficient (Wildman–Crippen LogP) is 2.26. The lowest BCUT2D eigenvalue weighted by Gasteiger charge is -2.37. The number of piperazine rings is 1. The molecule has 19 heavy (non-hydrogen) atoms. The highest BCUT2D eigenvalue weighted by molar-refractivity contribution is 5.63. The lowest BCUT2D eigenvalue weighted by molar-refractivity contribution is -0.384. The highest BCUT2D eigenvalue weighted by Crippen LogP contribution is 2.29. The molecule has 2 rings (SSSR count). The highest BCUT2D eigenvalue weighted by atomic mass is 19.1. The Balaban J connectivity index is 2.17. The van der Waals surface area contributed by atoms with Gasteiger partial charge in [-0.3, -0.25) is 15.0 Å². The summed E-state index contributed by atoms with van der Waals surface area (Å²) in [7, 11) is 0. The summed E-state index contributed by atoms with van der Waals surface area (Å²) in [5.41, 5.74) is 0.354. The summed E-state index contributed by atoms with van der Waals surface area (Å²) in [6, 6.07) is 4.24. The van der Waals surface area contributed by atoms with Crippen LogP contribution in [0, 0.1) is 15.9 Å². The number of nitro benzene ring substituents is 1. The minimum absolute atomic E-state index is 0.155. The lowest BCUT2D eigenvalue weighted by Crippen LogP contribution is -2.49. The van der Waals surface area contributed by atoms with Crippen LogP contribution in [0.3, 0.4) is 0 Å². The van der Waals surface area contributed by atoms with Crippen molar-refractivity contribution in [2.24, 2.45) is 0 Å². The molecule has 0 bridgehead atoms. The molecule has 104 valence electrons. The van der Waals surface area contributed by atoms with Crippen LogP contribution in [0.1, 0.15) is 13.8 Å². The van der Waals surface area contributed by atoms with Crippen molar-refractivity contribution in [2.75, 3.05) is 31.1 Å². The van der Waals surface area contributed by atoms with Crippen molar-refractivity contribution in [1.82, 2.24) is 4.90 Å². The molecule has 6 heteroatoms. The molecule has 0 aliphatic carbocycles. The highest BCUT2D eigenvalue weighted by Gasteiger charge is 2.24. The van der Waals surface area contributed by atoms with Gasteiger partial charge in [-0.25, -0.2) is 4.39 Å². The van der Waals surface area contributed by atoms with Gasteiger partial charge in [0.25, 0.3) is 5.69 Å². The van der Waals surface area contributed by atoms with Crippen LogP contribution in [-0.2, 0) is 0 Å². The van der Waals surface area contributed by atoms with E-state index in [4.69, 9.17) is 0 Å². The van der Waals surface area contributed by atoms with E-state index in [9.17, 15) is 14.5 Å². The first-order valence-corrected chi connectivity index (χ1v) is 6.42. The molecule has 0 saturated carbocycles. The van der Waals surface area contributed by atoms with Gasteiger partial charge in [0.1, 0.15) is 11.5 Å². The molecule has 1 aromatic rings. The minimum atomic E-state index is -0.573. The fraction of sp³-hybridized carbons (Fsp3) is 0.538. The average Bonchev–Trinajstić information content (AvgIpc) is 2.38. The number of anilines is 1. The second kappa shape index (κ2) is 5.52. The van der Waals surface area contributed by atoms with E-state index in [0.717, 1.165) is 32.2 Å². The summed E-state index contributed by atoms with van der Waals surface area (Å²) in [5.74, 6) is -0.573. The van der Waals surface area contributed by atoms with Gasteiger partial charge in [0.05, 0.1) is 11.0 Å². The average molecular weight is 267 g/mol. The normalized spacial score (nSPS) is 16.9. The fourth-order valence-corrected chi connectivity index (χ4v) is 2.39. The summed E-state index contributed by atoms with van der Waals surface area (Å²) in [6.07, 6.45) is 0. The molecule has 5 nitrogen and oxygen atoms in total. The van der Waals surface area contributed by atoms with E-state index in [-0.39, 0.29) is 5.69 Å². The molecule has 0 spiro atoms. The molecule has 0 amide bonds. The van der Waals surface area contributed by atoms with Crippen LogP contribution in [0.4, 0.5) is 15.8 Å². The molecule has 0 radical (unpaired) electrons. The SMILES string of the molecule is CC(C)N1CCN(c2ccc(F)cc2[N+](=O)[O-])CC1. The maximum absolute atomic E-state index is 13.1. The first-order chi connectivity index (χ1) is 8.99. The van der Waals surface area contributed by atoms with Crippen molar-refractivity contribution in [1.29, 1.82) is 0 Å². The zero-order valence-electron chi connectivity index (χ0n) is 11.2. The monoisotopic (exact) mass is 267 g/mol. The molecule has 1 aliphatic heterocycles. The number of rotatable bonds is 3. The Morgan fingerprint density at radius 3 is 2.42 bits per heavy atom. The molecule has 1 heterocycles. The Hall–Kier alpha value is -1.69. The van der Waals surface area contributed by atoms with Crippen LogP contribution in [0.25, 0.3) is 0 Å². The van der Waals surface area contributed by atoms with Crippen LogP contribution < -0.4 is 4.90 Å². The summed E-state index contributed by atoms with van der Waals surface area (Å²) < 4.78 is 13.1. The van der Waals surface area contributed by atoms with Gasteiger partial charge in [0.15, 0.2) is 0 Å². The number of nitro groups is 1. The largest absolute Gasteiger partial charge is 0.363 e. The molecule has 0 atom stereocenters. The molecule has 1 aliphatic rings. The molecular formula is C13H18FN3O2. The number of nitrogens with zero attached hydrogens (tertiary/aromatic N) is 3. The van der Waals surface area contributed by atoms with E-state index in [0.29, 0.717) is 11.7 Å². The smallest absolute Gasteiger partial charge is 0.295 e. The molecule has 1 aromatic carbocycles. The third-order valence-electron chi connectivity index (χ3n) is 3.52.